The molecular weight excluding hydrogens is 464 g/mol. The first-order valence-corrected chi connectivity index (χ1v) is 13.0. The number of aryl methyl sites for hydroxylation is 2. The maximum atomic E-state index is 13.0. The summed E-state index contributed by atoms with van der Waals surface area (Å²) in [6, 6.07) is 18.3. The van der Waals surface area contributed by atoms with E-state index in [2.05, 4.69) is 0 Å². The Morgan fingerprint density at radius 1 is 0.829 bits per heavy atom. The predicted octanol–water partition coefficient (Wildman–Crippen LogP) is 4.56. The summed E-state index contributed by atoms with van der Waals surface area (Å²) in [5.41, 5.74) is 4.68. The van der Waals surface area contributed by atoms with Gasteiger partial charge in [0.25, 0.3) is 5.91 Å². The van der Waals surface area contributed by atoms with Gasteiger partial charge in [-0.05, 0) is 60.4 Å². The molecule has 0 N–H and O–H groups in total. The zero-order chi connectivity index (χ0) is 25.8. The van der Waals surface area contributed by atoms with Gasteiger partial charge in [-0.1, -0.05) is 36.4 Å². The summed E-state index contributed by atoms with van der Waals surface area (Å²) < 4.78 is 37.3. The predicted molar refractivity (Wildman–Crippen MR) is 139 cm³/mol. The second-order valence-corrected chi connectivity index (χ2v) is 10.5. The molecule has 0 fully saturated rings. The van der Waals surface area contributed by atoms with Crippen molar-refractivity contribution >= 4 is 21.6 Å². The Balaban J connectivity index is 1.77. The Morgan fingerprint density at radius 3 is 1.94 bits per heavy atom. The average molecular weight is 497 g/mol. The summed E-state index contributed by atoms with van der Waals surface area (Å²) in [5, 5.41) is 0. The summed E-state index contributed by atoms with van der Waals surface area (Å²) in [6.07, 6.45) is 1.21. The van der Waals surface area contributed by atoms with Crippen LogP contribution in [0, 0.1) is 13.8 Å². The van der Waals surface area contributed by atoms with Gasteiger partial charge in [-0.15, -0.1) is 0 Å². The van der Waals surface area contributed by atoms with Crippen LogP contribution >= 0.6 is 0 Å². The fraction of sp³-hybridized carbons (Fsp3) is 0.296. The molecule has 0 aliphatic heterocycles. The van der Waals surface area contributed by atoms with Gasteiger partial charge in [0.05, 0.1) is 32.7 Å². The molecule has 3 aromatic rings. The number of rotatable bonds is 9. The normalized spacial score (nSPS) is 11.1. The molecule has 0 bridgehead atoms. The number of benzene rings is 3. The first-order valence-electron chi connectivity index (χ1n) is 11.1. The molecule has 35 heavy (non-hydrogen) atoms. The third kappa shape index (κ3) is 6.14. The van der Waals surface area contributed by atoms with Crippen molar-refractivity contribution in [2.45, 2.75) is 26.9 Å². The summed E-state index contributed by atoms with van der Waals surface area (Å²) in [4.78, 5) is 14.6. The number of amides is 1. The minimum Gasteiger partial charge on any atom is -0.493 e. The van der Waals surface area contributed by atoms with E-state index in [0.717, 1.165) is 22.3 Å². The van der Waals surface area contributed by atoms with Gasteiger partial charge in [-0.3, -0.25) is 9.10 Å². The number of ether oxygens (including phenoxy) is 2. The molecule has 0 saturated heterocycles. The highest BCUT2D eigenvalue weighted by atomic mass is 32.2. The molecule has 7 nitrogen and oxygen atoms in total. The summed E-state index contributed by atoms with van der Waals surface area (Å²) in [5.74, 6) is 1.10. The van der Waals surface area contributed by atoms with E-state index in [1.54, 1.807) is 50.4 Å². The van der Waals surface area contributed by atoms with Crippen LogP contribution < -0.4 is 13.8 Å². The molecule has 0 radical (unpaired) electrons. The van der Waals surface area contributed by atoms with Crippen molar-refractivity contribution in [2.75, 3.05) is 31.8 Å². The lowest BCUT2D eigenvalue weighted by Crippen LogP contribution is -2.30. The van der Waals surface area contributed by atoms with E-state index in [-0.39, 0.29) is 12.5 Å². The van der Waals surface area contributed by atoms with Crippen LogP contribution in [-0.4, -0.2) is 46.7 Å². The van der Waals surface area contributed by atoms with Crippen LogP contribution in [0.5, 0.6) is 11.5 Å². The van der Waals surface area contributed by atoms with Gasteiger partial charge >= 0.3 is 0 Å². The quantitative estimate of drug-likeness (QED) is 0.434. The maximum Gasteiger partial charge on any atom is 0.253 e. The standard InChI is InChI=1S/C27H32N2O5S/c1-19-8-7-9-20(2)26(19)29(35(6,31)32)18-21-10-13-23(14-11-21)27(30)28(3)17-22-12-15-24(33-4)25(16-22)34-5/h7-16H,17-18H2,1-6H3. The average Bonchev–Trinajstić information content (AvgIpc) is 2.82. The largest absolute Gasteiger partial charge is 0.493 e. The van der Waals surface area contributed by atoms with Crippen molar-refractivity contribution in [3.63, 3.8) is 0 Å². The second kappa shape index (κ2) is 10.8. The smallest absolute Gasteiger partial charge is 0.253 e. The van der Waals surface area contributed by atoms with E-state index >= 15 is 0 Å². The lowest BCUT2D eigenvalue weighted by Gasteiger charge is -2.26. The first kappa shape index (κ1) is 26.1. The molecule has 0 unspecified atom stereocenters. The number of hydrogen-bond donors (Lipinski definition) is 0. The maximum absolute atomic E-state index is 13.0. The fourth-order valence-corrected chi connectivity index (χ4v) is 5.03. The molecule has 8 heteroatoms. The molecule has 1 amide bonds. The lowest BCUT2D eigenvalue weighted by atomic mass is 10.1. The number of nitrogens with zero attached hydrogens (tertiary/aromatic N) is 2. The highest BCUT2D eigenvalue weighted by molar-refractivity contribution is 7.92. The Morgan fingerprint density at radius 2 is 1.40 bits per heavy atom. The van der Waals surface area contributed by atoms with Crippen LogP contribution in [0.1, 0.15) is 32.6 Å². The van der Waals surface area contributed by atoms with E-state index in [1.165, 1.54) is 10.6 Å². The summed E-state index contributed by atoms with van der Waals surface area (Å²) >= 11 is 0. The minimum atomic E-state index is -3.51. The van der Waals surface area contributed by atoms with Gasteiger partial charge in [-0.25, -0.2) is 8.42 Å². The Labute approximate surface area is 207 Å². The molecule has 0 atom stereocenters. The number of methoxy groups -OCH3 is 2. The van der Waals surface area contributed by atoms with E-state index in [1.807, 2.05) is 50.2 Å². The van der Waals surface area contributed by atoms with Crippen LogP contribution in [0.25, 0.3) is 0 Å². The van der Waals surface area contributed by atoms with Crippen molar-refractivity contribution in [1.29, 1.82) is 0 Å². The van der Waals surface area contributed by atoms with Gasteiger partial charge in [0.15, 0.2) is 11.5 Å². The van der Waals surface area contributed by atoms with Crippen LogP contribution in [0.3, 0.4) is 0 Å². The van der Waals surface area contributed by atoms with E-state index in [0.29, 0.717) is 29.3 Å². The fourth-order valence-electron chi connectivity index (χ4n) is 4.02. The Kier molecular flexibility index (Phi) is 8.07. The topological polar surface area (TPSA) is 76.2 Å². The number of para-hydroxylation sites is 1. The Bertz CT molecular complexity index is 1280. The highest BCUT2D eigenvalue weighted by Crippen LogP contribution is 2.29. The SMILES string of the molecule is COc1ccc(CN(C)C(=O)c2ccc(CN(c3c(C)cccc3C)S(C)(=O)=O)cc2)cc1OC. The number of carbonyl (C=O) groups is 1. The molecule has 0 aliphatic rings. The van der Waals surface area contributed by atoms with Crippen molar-refractivity contribution < 1.29 is 22.7 Å². The van der Waals surface area contributed by atoms with Crippen molar-refractivity contribution in [1.82, 2.24) is 4.90 Å². The third-order valence-electron chi connectivity index (χ3n) is 5.83. The third-order valence-corrected chi connectivity index (χ3v) is 6.94. The zero-order valence-corrected chi connectivity index (χ0v) is 21.8. The first-order chi connectivity index (χ1) is 16.5. The molecule has 0 spiro atoms. The minimum absolute atomic E-state index is 0.138. The van der Waals surface area contributed by atoms with Gasteiger partial charge in [-0.2, -0.15) is 0 Å². The van der Waals surface area contributed by atoms with Crippen LogP contribution in [0.15, 0.2) is 60.7 Å². The molecule has 0 heterocycles. The van der Waals surface area contributed by atoms with Crippen LogP contribution in [0.2, 0.25) is 0 Å². The van der Waals surface area contributed by atoms with Gasteiger partial charge < -0.3 is 14.4 Å². The monoisotopic (exact) mass is 496 g/mol. The number of hydrogen-bond acceptors (Lipinski definition) is 5. The van der Waals surface area contributed by atoms with Gasteiger partial charge in [0.1, 0.15) is 0 Å². The molecule has 3 rings (SSSR count). The van der Waals surface area contributed by atoms with Gasteiger partial charge in [0, 0.05) is 19.2 Å². The van der Waals surface area contributed by atoms with Crippen molar-refractivity contribution in [3.05, 3.63) is 88.5 Å². The van der Waals surface area contributed by atoms with Crippen LogP contribution in [-0.2, 0) is 23.1 Å². The summed E-state index contributed by atoms with van der Waals surface area (Å²) in [6.45, 7) is 4.38. The molecule has 0 saturated carbocycles. The molecule has 186 valence electrons. The Hall–Kier alpha value is -3.52. The lowest BCUT2D eigenvalue weighted by molar-refractivity contribution is 0.0785. The van der Waals surface area contributed by atoms with Crippen LogP contribution in [0.4, 0.5) is 5.69 Å². The van der Waals surface area contributed by atoms with Gasteiger partial charge in [0.2, 0.25) is 10.0 Å². The molecule has 0 aliphatic carbocycles. The number of anilines is 1. The van der Waals surface area contributed by atoms with Crippen molar-refractivity contribution in [3.8, 4) is 11.5 Å². The molecule has 0 aromatic heterocycles. The summed E-state index contributed by atoms with van der Waals surface area (Å²) in [7, 11) is 1.38. The zero-order valence-electron chi connectivity index (χ0n) is 21.0. The number of sulfonamides is 1. The molecule has 3 aromatic carbocycles. The van der Waals surface area contributed by atoms with E-state index < -0.39 is 10.0 Å². The van der Waals surface area contributed by atoms with Crippen molar-refractivity contribution in [2.24, 2.45) is 0 Å². The van der Waals surface area contributed by atoms with E-state index in [9.17, 15) is 13.2 Å². The van der Waals surface area contributed by atoms with E-state index in [4.69, 9.17) is 9.47 Å². The molecular formula is C27H32N2O5S. The highest BCUT2D eigenvalue weighted by Gasteiger charge is 2.22. The second-order valence-electron chi connectivity index (χ2n) is 8.56. The number of carbonyl (C=O) groups excluding carboxylic acids is 1.